The summed E-state index contributed by atoms with van der Waals surface area (Å²) in [4.78, 5) is 47.2. The first-order valence-electron chi connectivity index (χ1n) is 12.0. The van der Waals surface area contributed by atoms with Gasteiger partial charge < -0.3 is 25.4 Å². The average Bonchev–Trinajstić information content (AvgIpc) is 3.40. The standard InChI is InChI=1S/C28H20N6O4S2/c29-24(36)16-10-11-20(30-12-16)31-26(37)18-14-39-27-23(18)40-33-25(32-27)21-22(35)17-8-4-5-9-19(17)34(28(21)38)13-15-6-2-1-3-7-15/h1-12,14,35H,13H2,(H2,29,36)(H,32,33)(H,30,31,37). The van der Waals surface area contributed by atoms with Crippen LogP contribution < -0.4 is 21.3 Å². The molecule has 198 valence electrons. The van der Waals surface area contributed by atoms with Gasteiger partial charge in [0.1, 0.15) is 22.1 Å². The van der Waals surface area contributed by atoms with E-state index in [1.165, 1.54) is 29.7 Å². The first-order valence-corrected chi connectivity index (χ1v) is 13.7. The van der Waals surface area contributed by atoms with Crippen molar-refractivity contribution >= 4 is 62.7 Å². The van der Waals surface area contributed by atoms with Crippen molar-refractivity contribution in [3.05, 3.63) is 111 Å². The van der Waals surface area contributed by atoms with Crippen LogP contribution in [0.1, 0.15) is 31.8 Å². The number of carbonyl (C=O) groups is 2. The van der Waals surface area contributed by atoms with Gasteiger partial charge in [-0.25, -0.2) is 9.98 Å². The monoisotopic (exact) mass is 568 g/mol. The van der Waals surface area contributed by atoms with Crippen LogP contribution in [0.15, 0.2) is 93.0 Å². The number of carbonyl (C=O) groups excluding carboxylic acids is 2. The summed E-state index contributed by atoms with van der Waals surface area (Å²) in [6.07, 6.45) is 1.29. The number of benzene rings is 2. The second kappa shape index (κ2) is 10.3. The van der Waals surface area contributed by atoms with E-state index in [1.54, 1.807) is 28.1 Å². The number of amidine groups is 1. The Balaban J connectivity index is 1.36. The Bertz CT molecular complexity index is 1880. The molecule has 2 amide bonds. The van der Waals surface area contributed by atoms with Gasteiger partial charge in [0.15, 0.2) is 5.84 Å². The fourth-order valence-corrected chi connectivity index (χ4v) is 6.22. The van der Waals surface area contributed by atoms with E-state index in [2.05, 4.69) is 20.0 Å². The van der Waals surface area contributed by atoms with E-state index in [0.717, 1.165) is 17.5 Å². The minimum absolute atomic E-state index is 0.0472. The van der Waals surface area contributed by atoms with Crippen molar-refractivity contribution in [1.82, 2.24) is 14.3 Å². The summed E-state index contributed by atoms with van der Waals surface area (Å²) < 4.78 is 4.67. The zero-order chi connectivity index (χ0) is 27.8. The van der Waals surface area contributed by atoms with Gasteiger partial charge in [-0.05, 0) is 41.8 Å². The second-order valence-corrected chi connectivity index (χ2v) is 10.5. The zero-order valence-corrected chi connectivity index (χ0v) is 22.3. The molecule has 1 aliphatic rings. The average molecular weight is 569 g/mol. The molecule has 0 fully saturated rings. The van der Waals surface area contributed by atoms with Crippen LogP contribution in [0.2, 0.25) is 0 Å². The number of hydrogen-bond donors (Lipinski definition) is 4. The summed E-state index contributed by atoms with van der Waals surface area (Å²) in [5.74, 6) is -0.737. The maximum Gasteiger partial charge on any atom is 0.266 e. The highest BCUT2D eigenvalue weighted by Gasteiger charge is 2.27. The predicted molar refractivity (Wildman–Crippen MR) is 156 cm³/mol. The Hall–Kier alpha value is -4.94. The maximum atomic E-state index is 13.8. The number of fused-ring (bicyclic) bond motifs is 2. The van der Waals surface area contributed by atoms with Gasteiger partial charge in [0, 0.05) is 17.0 Å². The normalized spacial score (nSPS) is 12.3. The fraction of sp³-hybridized carbons (Fsp3) is 0.0357. The van der Waals surface area contributed by atoms with Crippen LogP contribution in [0.5, 0.6) is 5.75 Å². The van der Waals surface area contributed by atoms with Crippen LogP contribution in [0.25, 0.3) is 10.9 Å². The molecule has 0 spiro atoms. The Morgan fingerprint density at radius 2 is 1.82 bits per heavy atom. The molecule has 0 bridgehead atoms. The molecule has 3 aromatic heterocycles. The highest BCUT2D eigenvalue weighted by Crippen LogP contribution is 2.41. The number of nitrogens with two attached hydrogens (primary N) is 1. The topological polar surface area (TPSA) is 152 Å². The first-order chi connectivity index (χ1) is 19.4. The molecule has 1 aliphatic heterocycles. The van der Waals surface area contributed by atoms with Crippen molar-refractivity contribution in [3.63, 3.8) is 0 Å². The molecule has 2 aromatic carbocycles. The van der Waals surface area contributed by atoms with E-state index >= 15 is 0 Å². The molecule has 0 atom stereocenters. The number of aromatic hydroxyl groups is 1. The molecule has 0 unspecified atom stereocenters. The summed E-state index contributed by atoms with van der Waals surface area (Å²) >= 11 is 2.37. The van der Waals surface area contributed by atoms with E-state index in [4.69, 9.17) is 5.73 Å². The van der Waals surface area contributed by atoms with E-state index in [9.17, 15) is 19.5 Å². The van der Waals surface area contributed by atoms with Crippen LogP contribution in [-0.4, -0.2) is 32.3 Å². The Morgan fingerprint density at radius 1 is 1.05 bits per heavy atom. The lowest BCUT2D eigenvalue weighted by molar-refractivity contribution is 0.0998. The SMILES string of the molecule is NC(=O)c1ccc(NC(=O)c2csc3c2SNC(c2c(O)c4ccccc4n(Cc4ccccc4)c2=O)=N3)nc1. The van der Waals surface area contributed by atoms with Gasteiger partial charge in [-0.2, -0.15) is 0 Å². The minimum atomic E-state index is -0.613. The summed E-state index contributed by atoms with van der Waals surface area (Å²) in [5.41, 5.74) is 7.03. The van der Waals surface area contributed by atoms with Crippen LogP contribution in [0.3, 0.4) is 0 Å². The molecule has 5 aromatic rings. The second-order valence-electron chi connectivity index (χ2n) is 8.82. The lowest BCUT2D eigenvalue weighted by atomic mass is 10.1. The Kier molecular flexibility index (Phi) is 6.54. The number of hydrogen-bond acceptors (Lipinski definition) is 9. The lowest BCUT2D eigenvalue weighted by Crippen LogP contribution is -2.32. The maximum absolute atomic E-state index is 13.8. The number of pyridine rings is 2. The predicted octanol–water partition coefficient (Wildman–Crippen LogP) is 4.25. The van der Waals surface area contributed by atoms with E-state index in [1.807, 2.05) is 36.4 Å². The van der Waals surface area contributed by atoms with Crippen molar-refractivity contribution in [3.8, 4) is 5.75 Å². The number of amides is 2. The highest BCUT2D eigenvalue weighted by atomic mass is 32.2. The fourth-order valence-electron chi connectivity index (χ4n) is 4.32. The van der Waals surface area contributed by atoms with Gasteiger partial charge >= 0.3 is 0 Å². The van der Waals surface area contributed by atoms with Crippen LogP contribution in [-0.2, 0) is 6.54 Å². The molecule has 0 aliphatic carbocycles. The first kappa shape index (κ1) is 25.3. The smallest absolute Gasteiger partial charge is 0.266 e. The summed E-state index contributed by atoms with van der Waals surface area (Å²) in [6, 6.07) is 19.7. The third-order valence-electron chi connectivity index (χ3n) is 6.29. The molecule has 6 rings (SSSR count). The van der Waals surface area contributed by atoms with Gasteiger partial charge in [-0.1, -0.05) is 42.5 Å². The molecular formula is C28H20N6O4S2. The number of anilines is 1. The van der Waals surface area contributed by atoms with Gasteiger partial charge in [-0.15, -0.1) is 11.3 Å². The van der Waals surface area contributed by atoms with E-state index < -0.39 is 17.4 Å². The summed E-state index contributed by atoms with van der Waals surface area (Å²) in [6.45, 7) is 0.316. The number of nitrogens with one attached hydrogen (secondary N) is 2. The van der Waals surface area contributed by atoms with Crippen LogP contribution in [0, 0.1) is 0 Å². The third kappa shape index (κ3) is 4.59. The van der Waals surface area contributed by atoms with Gasteiger partial charge in [0.2, 0.25) is 5.91 Å². The Morgan fingerprint density at radius 3 is 2.58 bits per heavy atom. The number of aromatic nitrogens is 2. The highest BCUT2D eigenvalue weighted by molar-refractivity contribution is 7.98. The van der Waals surface area contributed by atoms with Crippen molar-refractivity contribution in [2.45, 2.75) is 11.4 Å². The molecule has 40 heavy (non-hydrogen) atoms. The van der Waals surface area contributed by atoms with E-state index in [0.29, 0.717) is 32.9 Å². The molecule has 12 heteroatoms. The molecule has 4 heterocycles. The van der Waals surface area contributed by atoms with Gasteiger partial charge in [0.25, 0.3) is 11.5 Å². The molecule has 5 N–H and O–H groups in total. The molecule has 0 radical (unpaired) electrons. The van der Waals surface area contributed by atoms with Gasteiger partial charge in [-0.3, -0.25) is 14.4 Å². The zero-order valence-electron chi connectivity index (χ0n) is 20.6. The number of aliphatic imine (C=N–C) groups is 1. The Labute approximate surface area is 235 Å². The van der Waals surface area contributed by atoms with Crippen molar-refractivity contribution in [2.75, 3.05) is 5.32 Å². The van der Waals surface area contributed by atoms with Crippen molar-refractivity contribution in [1.29, 1.82) is 0 Å². The number of rotatable bonds is 6. The number of nitrogens with zero attached hydrogens (tertiary/aromatic N) is 3. The summed E-state index contributed by atoms with van der Waals surface area (Å²) in [7, 11) is 0. The van der Waals surface area contributed by atoms with Crippen molar-refractivity contribution in [2.24, 2.45) is 10.7 Å². The molecule has 0 saturated carbocycles. The number of primary amides is 1. The van der Waals surface area contributed by atoms with E-state index in [-0.39, 0.29) is 28.5 Å². The molecular weight excluding hydrogens is 548 g/mol. The minimum Gasteiger partial charge on any atom is -0.506 e. The summed E-state index contributed by atoms with van der Waals surface area (Å²) in [5, 5.41) is 16.6. The van der Waals surface area contributed by atoms with Crippen molar-refractivity contribution < 1.29 is 14.7 Å². The van der Waals surface area contributed by atoms with Crippen LogP contribution >= 0.6 is 23.3 Å². The van der Waals surface area contributed by atoms with Crippen LogP contribution in [0.4, 0.5) is 10.8 Å². The number of para-hydroxylation sites is 1. The largest absolute Gasteiger partial charge is 0.506 e. The number of thiophene rings is 1. The lowest BCUT2D eigenvalue weighted by Gasteiger charge is -2.19. The molecule has 0 saturated heterocycles. The quantitative estimate of drug-likeness (QED) is 0.224. The third-order valence-corrected chi connectivity index (χ3v) is 8.20. The molecule has 10 nitrogen and oxygen atoms in total. The van der Waals surface area contributed by atoms with Gasteiger partial charge in [0.05, 0.1) is 28.1 Å².